The molecule has 0 amide bonds. The van der Waals surface area contributed by atoms with Gasteiger partial charge >= 0.3 is 0 Å². The molecule has 1 aliphatic rings. The van der Waals surface area contributed by atoms with Crippen molar-refractivity contribution in [3.05, 3.63) is 0 Å². The molecule has 10 heavy (non-hydrogen) atoms. The standard InChI is InChI=1S/C7H15N3/c1-5-4-9-6(2)3-7(5)10-8/h5-6,9H,3-4,8H2,1-2H3/b10-7-. The van der Waals surface area contributed by atoms with Gasteiger partial charge in [-0.05, 0) is 6.92 Å². The van der Waals surface area contributed by atoms with Gasteiger partial charge in [0.05, 0.1) is 0 Å². The smallest absolute Gasteiger partial charge is 0.0432 e. The van der Waals surface area contributed by atoms with Crippen molar-refractivity contribution in [1.29, 1.82) is 0 Å². The Morgan fingerprint density at radius 2 is 2.30 bits per heavy atom. The molecule has 0 spiro atoms. The second-order valence-electron chi connectivity index (χ2n) is 3.03. The fourth-order valence-electron chi connectivity index (χ4n) is 1.26. The first-order valence-electron chi connectivity index (χ1n) is 3.74. The lowest BCUT2D eigenvalue weighted by Gasteiger charge is -2.26. The van der Waals surface area contributed by atoms with Crippen molar-refractivity contribution in [3.63, 3.8) is 0 Å². The van der Waals surface area contributed by atoms with Crippen molar-refractivity contribution in [2.75, 3.05) is 6.54 Å². The molecule has 1 saturated heterocycles. The summed E-state index contributed by atoms with van der Waals surface area (Å²) in [5, 5.41) is 7.12. The van der Waals surface area contributed by atoms with Crippen molar-refractivity contribution >= 4 is 5.71 Å². The van der Waals surface area contributed by atoms with E-state index >= 15 is 0 Å². The number of hydrazone groups is 1. The first kappa shape index (κ1) is 7.54. The van der Waals surface area contributed by atoms with E-state index in [0.717, 1.165) is 18.7 Å². The van der Waals surface area contributed by atoms with E-state index in [4.69, 9.17) is 5.84 Å². The summed E-state index contributed by atoms with van der Waals surface area (Å²) in [7, 11) is 0. The molecular formula is C7H15N3. The van der Waals surface area contributed by atoms with Crippen molar-refractivity contribution in [2.24, 2.45) is 16.9 Å². The number of rotatable bonds is 0. The average molecular weight is 141 g/mol. The number of nitrogens with zero attached hydrogens (tertiary/aromatic N) is 1. The molecule has 2 atom stereocenters. The quantitative estimate of drug-likeness (QED) is 0.377. The van der Waals surface area contributed by atoms with Gasteiger partial charge in [-0.15, -0.1) is 0 Å². The molecule has 0 saturated carbocycles. The molecule has 0 aliphatic carbocycles. The number of hydrogen-bond donors (Lipinski definition) is 2. The third-order valence-electron chi connectivity index (χ3n) is 2.02. The van der Waals surface area contributed by atoms with Crippen LogP contribution in [0.4, 0.5) is 0 Å². The molecule has 0 aromatic carbocycles. The van der Waals surface area contributed by atoms with E-state index < -0.39 is 0 Å². The van der Waals surface area contributed by atoms with Gasteiger partial charge in [-0.25, -0.2) is 0 Å². The van der Waals surface area contributed by atoms with Crippen LogP contribution >= 0.6 is 0 Å². The Morgan fingerprint density at radius 1 is 1.60 bits per heavy atom. The zero-order chi connectivity index (χ0) is 7.56. The van der Waals surface area contributed by atoms with E-state index in [-0.39, 0.29) is 0 Å². The van der Waals surface area contributed by atoms with Crippen LogP contribution in [0.2, 0.25) is 0 Å². The van der Waals surface area contributed by atoms with Crippen LogP contribution in [0.1, 0.15) is 20.3 Å². The number of piperidine rings is 1. The Hall–Kier alpha value is -0.570. The zero-order valence-corrected chi connectivity index (χ0v) is 6.59. The Kier molecular flexibility index (Phi) is 2.27. The van der Waals surface area contributed by atoms with Gasteiger partial charge in [-0.3, -0.25) is 0 Å². The highest BCUT2D eigenvalue weighted by Crippen LogP contribution is 2.09. The van der Waals surface area contributed by atoms with Crippen LogP contribution in [0.25, 0.3) is 0 Å². The molecule has 1 aliphatic heterocycles. The monoisotopic (exact) mass is 141 g/mol. The molecule has 0 radical (unpaired) electrons. The van der Waals surface area contributed by atoms with Crippen molar-refractivity contribution < 1.29 is 0 Å². The molecule has 2 unspecified atom stereocenters. The molecule has 3 N–H and O–H groups in total. The number of nitrogens with two attached hydrogens (primary N) is 1. The zero-order valence-electron chi connectivity index (χ0n) is 6.59. The average Bonchev–Trinajstić information content (AvgIpc) is 1.94. The van der Waals surface area contributed by atoms with Crippen LogP contribution in [0, 0.1) is 5.92 Å². The SMILES string of the molecule is CC1C/C(=N/N)C(C)CN1. The van der Waals surface area contributed by atoms with E-state index in [2.05, 4.69) is 24.3 Å². The maximum atomic E-state index is 5.22. The van der Waals surface area contributed by atoms with Gasteiger partial charge in [0, 0.05) is 30.6 Å². The van der Waals surface area contributed by atoms with Crippen LogP contribution in [-0.4, -0.2) is 18.3 Å². The van der Waals surface area contributed by atoms with Crippen LogP contribution < -0.4 is 11.2 Å². The summed E-state index contributed by atoms with van der Waals surface area (Å²) in [4.78, 5) is 0. The maximum Gasteiger partial charge on any atom is 0.0432 e. The summed E-state index contributed by atoms with van der Waals surface area (Å²) in [6.07, 6.45) is 0.998. The predicted octanol–water partition coefficient (Wildman–Crippen LogP) is 0.319. The van der Waals surface area contributed by atoms with Gasteiger partial charge in [0.15, 0.2) is 0 Å². The lowest BCUT2D eigenvalue weighted by molar-refractivity contribution is 0.481. The number of hydrogen-bond acceptors (Lipinski definition) is 3. The molecule has 1 heterocycles. The Balaban J connectivity index is 2.54. The molecule has 3 nitrogen and oxygen atoms in total. The highest BCUT2D eigenvalue weighted by molar-refractivity contribution is 5.87. The molecule has 0 bridgehead atoms. The minimum Gasteiger partial charge on any atom is -0.323 e. The van der Waals surface area contributed by atoms with Gasteiger partial charge in [-0.1, -0.05) is 6.92 Å². The van der Waals surface area contributed by atoms with E-state index in [1.807, 2.05) is 0 Å². The van der Waals surface area contributed by atoms with Crippen molar-refractivity contribution in [3.8, 4) is 0 Å². The van der Waals surface area contributed by atoms with Gasteiger partial charge in [0.25, 0.3) is 0 Å². The third-order valence-corrected chi connectivity index (χ3v) is 2.02. The Labute approximate surface area is 61.7 Å². The fraction of sp³-hybridized carbons (Fsp3) is 0.857. The first-order chi connectivity index (χ1) is 4.74. The fourth-order valence-corrected chi connectivity index (χ4v) is 1.26. The van der Waals surface area contributed by atoms with Crippen molar-refractivity contribution in [2.45, 2.75) is 26.3 Å². The largest absolute Gasteiger partial charge is 0.323 e. The second kappa shape index (κ2) is 3.01. The minimum atomic E-state index is 0.515. The topological polar surface area (TPSA) is 50.4 Å². The summed E-state index contributed by atoms with van der Waals surface area (Å²) < 4.78 is 0. The number of nitrogens with one attached hydrogen (secondary N) is 1. The predicted molar refractivity (Wildman–Crippen MR) is 42.9 cm³/mol. The Bertz CT molecular complexity index is 142. The summed E-state index contributed by atoms with van der Waals surface area (Å²) >= 11 is 0. The molecule has 58 valence electrons. The first-order valence-corrected chi connectivity index (χ1v) is 3.74. The molecular weight excluding hydrogens is 126 g/mol. The van der Waals surface area contributed by atoms with E-state index in [0.29, 0.717) is 12.0 Å². The normalized spacial score (nSPS) is 38.4. The van der Waals surface area contributed by atoms with Crippen LogP contribution in [0.3, 0.4) is 0 Å². The van der Waals surface area contributed by atoms with Crippen molar-refractivity contribution in [1.82, 2.24) is 5.32 Å². The van der Waals surface area contributed by atoms with Gasteiger partial charge in [0.2, 0.25) is 0 Å². The van der Waals surface area contributed by atoms with Gasteiger partial charge in [0.1, 0.15) is 0 Å². The maximum absolute atomic E-state index is 5.22. The lowest BCUT2D eigenvalue weighted by Crippen LogP contribution is -2.41. The molecule has 0 aromatic rings. The lowest BCUT2D eigenvalue weighted by atomic mass is 9.95. The molecule has 3 heteroatoms. The summed E-state index contributed by atoms with van der Waals surface area (Å²) in [6.45, 7) is 5.30. The third kappa shape index (κ3) is 1.48. The minimum absolute atomic E-state index is 0.515. The van der Waals surface area contributed by atoms with E-state index in [1.165, 1.54) is 0 Å². The summed E-state index contributed by atoms with van der Waals surface area (Å²) in [5.74, 6) is 5.73. The molecule has 1 fully saturated rings. The van der Waals surface area contributed by atoms with Crippen LogP contribution in [0.15, 0.2) is 5.10 Å². The van der Waals surface area contributed by atoms with Gasteiger partial charge in [-0.2, -0.15) is 5.10 Å². The molecule has 0 aromatic heterocycles. The summed E-state index contributed by atoms with van der Waals surface area (Å²) in [6, 6.07) is 0.540. The molecule has 1 rings (SSSR count). The second-order valence-corrected chi connectivity index (χ2v) is 3.03. The summed E-state index contributed by atoms with van der Waals surface area (Å²) in [5.41, 5.74) is 1.14. The van der Waals surface area contributed by atoms with Gasteiger partial charge < -0.3 is 11.2 Å². The highest BCUT2D eigenvalue weighted by Gasteiger charge is 2.19. The Morgan fingerprint density at radius 3 is 2.80 bits per heavy atom. The van der Waals surface area contributed by atoms with Crippen LogP contribution in [-0.2, 0) is 0 Å². The van der Waals surface area contributed by atoms with E-state index in [9.17, 15) is 0 Å². The highest BCUT2D eigenvalue weighted by atomic mass is 15.1. The van der Waals surface area contributed by atoms with E-state index in [1.54, 1.807) is 0 Å². The van der Waals surface area contributed by atoms with Crippen LogP contribution in [0.5, 0.6) is 0 Å².